The first kappa shape index (κ1) is 23.4. The number of nitrogens with one attached hydrogen (secondary N) is 2. The van der Waals surface area contributed by atoms with Crippen LogP contribution in [-0.4, -0.2) is 48.2 Å². The molecule has 2 fully saturated rings. The van der Waals surface area contributed by atoms with Crippen LogP contribution < -0.4 is 15.5 Å². The molecule has 1 amide bonds. The van der Waals surface area contributed by atoms with Gasteiger partial charge in [0.25, 0.3) is 5.91 Å². The molecule has 1 aromatic heterocycles. The Bertz CT molecular complexity index is 1230. The van der Waals surface area contributed by atoms with E-state index in [1.165, 1.54) is 6.07 Å². The fourth-order valence-corrected chi connectivity index (χ4v) is 4.79. The van der Waals surface area contributed by atoms with Crippen molar-refractivity contribution in [2.75, 3.05) is 36.5 Å². The molecule has 0 spiro atoms. The zero-order chi connectivity index (χ0) is 24.4. The minimum absolute atomic E-state index is 0.140. The van der Waals surface area contributed by atoms with Crippen molar-refractivity contribution in [1.82, 2.24) is 15.3 Å². The largest absolute Gasteiger partial charge is 0.378 e. The van der Waals surface area contributed by atoms with E-state index in [4.69, 9.17) is 9.72 Å². The molecule has 1 aliphatic heterocycles. The number of anilines is 2. The lowest BCUT2D eigenvalue weighted by atomic mass is 10.0. The van der Waals surface area contributed by atoms with Gasteiger partial charge in [0.05, 0.1) is 36.5 Å². The maximum Gasteiger partial charge on any atom is 0.251 e. The quantitative estimate of drug-likeness (QED) is 0.536. The molecule has 3 aromatic rings. The second kappa shape index (κ2) is 10.1. The molecule has 35 heavy (non-hydrogen) atoms. The van der Waals surface area contributed by atoms with Gasteiger partial charge in [-0.05, 0) is 44.0 Å². The summed E-state index contributed by atoms with van der Waals surface area (Å²) in [5, 5.41) is 6.35. The number of rotatable bonds is 6. The van der Waals surface area contributed by atoms with Crippen molar-refractivity contribution >= 4 is 28.4 Å². The molecule has 2 heterocycles. The minimum atomic E-state index is -0.925. The standard InChI is InChI=1S/C26H29F2N5O2/c1-16(30-19-6-7-21(27)22(28)14-19)20-12-17(26(34)31-18-4-2-3-5-18)13-23-25(20)32-24(15-29-23)33-8-10-35-11-9-33/h6-7,12-16,18,30H,2-5,8-11H2,1H3,(H,31,34). The Kier molecular flexibility index (Phi) is 6.77. The van der Waals surface area contributed by atoms with Gasteiger partial charge in [0.1, 0.15) is 5.82 Å². The number of carbonyl (C=O) groups is 1. The summed E-state index contributed by atoms with van der Waals surface area (Å²) in [5.74, 6) is -1.23. The number of morpholine rings is 1. The minimum Gasteiger partial charge on any atom is -0.378 e. The van der Waals surface area contributed by atoms with Crippen LogP contribution in [0.5, 0.6) is 0 Å². The number of carbonyl (C=O) groups excluding carboxylic acids is 1. The number of nitrogens with zero attached hydrogens (tertiary/aromatic N) is 3. The monoisotopic (exact) mass is 481 g/mol. The third-order valence-electron chi connectivity index (χ3n) is 6.72. The second-order valence-electron chi connectivity index (χ2n) is 9.21. The third-order valence-corrected chi connectivity index (χ3v) is 6.72. The van der Waals surface area contributed by atoms with Crippen molar-refractivity contribution < 1.29 is 18.3 Å². The van der Waals surface area contributed by atoms with Gasteiger partial charge in [-0.1, -0.05) is 12.8 Å². The van der Waals surface area contributed by atoms with Gasteiger partial charge < -0.3 is 20.3 Å². The Morgan fingerprint density at radius 3 is 2.63 bits per heavy atom. The van der Waals surface area contributed by atoms with Gasteiger partial charge in [0.15, 0.2) is 11.6 Å². The van der Waals surface area contributed by atoms with E-state index >= 15 is 0 Å². The molecule has 2 N–H and O–H groups in total. The van der Waals surface area contributed by atoms with Crippen LogP contribution in [0.15, 0.2) is 36.5 Å². The predicted octanol–water partition coefficient (Wildman–Crippen LogP) is 4.59. The summed E-state index contributed by atoms with van der Waals surface area (Å²) in [4.78, 5) is 24.7. The number of fused-ring (bicyclic) bond motifs is 1. The molecule has 184 valence electrons. The number of hydrogen-bond acceptors (Lipinski definition) is 6. The fraction of sp³-hybridized carbons (Fsp3) is 0.423. The Hall–Kier alpha value is -3.33. The lowest BCUT2D eigenvalue weighted by Crippen LogP contribution is -2.36. The van der Waals surface area contributed by atoms with Crippen LogP contribution in [-0.2, 0) is 4.74 Å². The van der Waals surface area contributed by atoms with E-state index in [1.54, 1.807) is 12.3 Å². The van der Waals surface area contributed by atoms with Crippen LogP contribution in [0, 0.1) is 11.6 Å². The summed E-state index contributed by atoms with van der Waals surface area (Å²) in [6, 6.07) is 7.12. The molecular weight excluding hydrogens is 452 g/mol. The molecule has 0 radical (unpaired) electrons. The van der Waals surface area contributed by atoms with Crippen LogP contribution in [0.3, 0.4) is 0 Å². The van der Waals surface area contributed by atoms with Crippen molar-refractivity contribution in [3.63, 3.8) is 0 Å². The maximum atomic E-state index is 13.8. The number of aromatic nitrogens is 2. The van der Waals surface area contributed by atoms with Gasteiger partial charge >= 0.3 is 0 Å². The van der Waals surface area contributed by atoms with Crippen molar-refractivity contribution in [3.05, 3.63) is 59.3 Å². The number of halogens is 2. The van der Waals surface area contributed by atoms with Crippen LogP contribution in [0.2, 0.25) is 0 Å². The summed E-state index contributed by atoms with van der Waals surface area (Å²) in [6.45, 7) is 4.60. The Morgan fingerprint density at radius 1 is 1.11 bits per heavy atom. The van der Waals surface area contributed by atoms with E-state index < -0.39 is 11.6 Å². The number of benzene rings is 2. The summed E-state index contributed by atoms with van der Waals surface area (Å²) < 4.78 is 32.7. The second-order valence-corrected chi connectivity index (χ2v) is 9.21. The van der Waals surface area contributed by atoms with Crippen LogP contribution in [0.25, 0.3) is 11.0 Å². The fourth-order valence-electron chi connectivity index (χ4n) is 4.79. The smallest absolute Gasteiger partial charge is 0.251 e. The molecule has 1 saturated carbocycles. The highest BCUT2D eigenvalue weighted by molar-refractivity contribution is 5.98. The number of hydrogen-bond donors (Lipinski definition) is 2. The zero-order valence-corrected chi connectivity index (χ0v) is 19.7. The molecular formula is C26H29F2N5O2. The highest BCUT2D eigenvalue weighted by atomic mass is 19.2. The number of amides is 1. The van der Waals surface area contributed by atoms with Gasteiger partial charge in [-0.25, -0.2) is 13.8 Å². The first-order valence-electron chi connectivity index (χ1n) is 12.1. The first-order chi connectivity index (χ1) is 17.0. The Labute approximate surface area is 202 Å². The summed E-state index contributed by atoms with van der Waals surface area (Å²) in [6.07, 6.45) is 5.95. The molecule has 2 aromatic carbocycles. The number of ether oxygens (including phenoxy) is 1. The molecule has 9 heteroatoms. The normalized spacial score (nSPS) is 17.5. The highest BCUT2D eigenvalue weighted by Crippen LogP contribution is 2.29. The van der Waals surface area contributed by atoms with Gasteiger partial charge in [-0.3, -0.25) is 9.78 Å². The van der Waals surface area contributed by atoms with Crippen molar-refractivity contribution in [2.24, 2.45) is 0 Å². The van der Waals surface area contributed by atoms with Gasteiger partial charge in [0.2, 0.25) is 0 Å². The molecule has 1 saturated heterocycles. The summed E-state index contributed by atoms with van der Waals surface area (Å²) in [7, 11) is 0. The van der Waals surface area contributed by atoms with E-state index in [0.717, 1.165) is 62.3 Å². The molecule has 2 aliphatic rings. The third kappa shape index (κ3) is 5.19. The van der Waals surface area contributed by atoms with E-state index in [1.807, 2.05) is 13.0 Å². The zero-order valence-electron chi connectivity index (χ0n) is 19.7. The lowest BCUT2D eigenvalue weighted by molar-refractivity contribution is 0.0938. The Morgan fingerprint density at radius 2 is 1.89 bits per heavy atom. The van der Waals surface area contributed by atoms with Gasteiger partial charge in [0, 0.05) is 42.0 Å². The van der Waals surface area contributed by atoms with E-state index in [0.29, 0.717) is 35.5 Å². The van der Waals surface area contributed by atoms with Crippen molar-refractivity contribution in [2.45, 2.75) is 44.7 Å². The molecule has 0 bridgehead atoms. The van der Waals surface area contributed by atoms with E-state index in [2.05, 4.69) is 20.5 Å². The summed E-state index contributed by atoms with van der Waals surface area (Å²) in [5.41, 5.74) is 2.96. The lowest BCUT2D eigenvalue weighted by Gasteiger charge is -2.28. The van der Waals surface area contributed by atoms with Crippen molar-refractivity contribution in [1.29, 1.82) is 0 Å². The van der Waals surface area contributed by atoms with Crippen LogP contribution >= 0.6 is 0 Å². The summed E-state index contributed by atoms with van der Waals surface area (Å²) >= 11 is 0. The van der Waals surface area contributed by atoms with Gasteiger partial charge in [-0.2, -0.15) is 0 Å². The maximum absolute atomic E-state index is 13.8. The predicted molar refractivity (Wildman–Crippen MR) is 131 cm³/mol. The SMILES string of the molecule is CC(Nc1ccc(F)c(F)c1)c1cc(C(=O)NC2CCCC2)cc2ncc(N3CCOCC3)nc12. The van der Waals surface area contributed by atoms with E-state index in [-0.39, 0.29) is 18.0 Å². The van der Waals surface area contributed by atoms with Crippen LogP contribution in [0.4, 0.5) is 20.3 Å². The molecule has 1 unspecified atom stereocenters. The molecule has 7 nitrogen and oxygen atoms in total. The molecule has 1 aliphatic carbocycles. The topological polar surface area (TPSA) is 79.4 Å². The molecule has 1 atom stereocenters. The molecule has 5 rings (SSSR count). The average Bonchev–Trinajstić information content (AvgIpc) is 3.39. The first-order valence-corrected chi connectivity index (χ1v) is 12.1. The van der Waals surface area contributed by atoms with Crippen molar-refractivity contribution in [3.8, 4) is 0 Å². The highest BCUT2D eigenvalue weighted by Gasteiger charge is 2.22. The van der Waals surface area contributed by atoms with Crippen LogP contribution in [0.1, 0.15) is 54.6 Å². The average molecular weight is 482 g/mol. The van der Waals surface area contributed by atoms with E-state index in [9.17, 15) is 13.6 Å². The van der Waals surface area contributed by atoms with Gasteiger partial charge in [-0.15, -0.1) is 0 Å². The Balaban J connectivity index is 1.51.